The van der Waals surface area contributed by atoms with E-state index in [1.807, 2.05) is 19.9 Å². The van der Waals surface area contributed by atoms with Crippen LogP contribution in [-0.2, 0) is 4.79 Å². The Kier molecular flexibility index (Phi) is 3.79. The molecule has 20 heavy (non-hydrogen) atoms. The third kappa shape index (κ3) is 2.39. The van der Waals surface area contributed by atoms with Gasteiger partial charge >= 0.3 is 5.97 Å². The number of aromatic hydroxyl groups is 1. The van der Waals surface area contributed by atoms with Gasteiger partial charge in [0.15, 0.2) is 0 Å². The van der Waals surface area contributed by atoms with Crippen molar-refractivity contribution in [1.82, 2.24) is 4.98 Å². The number of benzene rings is 1. The van der Waals surface area contributed by atoms with Crippen LogP contribution in [-0.4, -0.2) is 26.7 Å². The lowest BCUT2D eigenvalue weighted by atomic mass is 9.92. The van der Waals surface area contributed by atoms with Crippen LogP contribution >= 0.6 is 0 Å². The first kappa shape index (κ1) is 14.1. The van der Waals surface area contributed by atoms with Crippen molar-refractivity contribution in [1.29, 1.82) is 0 Å². The summed E-state index contributed by atoms with van der Waals surface area (Å²) in [7, 11) is 0. The number of aromatic nitrogens is 1. The second kappa shape index (κ2) is 5.36. The molecule has 0 amide bonds. The highest BCUT2D eigenvalue weighted by atomic mass is 16.4. The Hall–Kier alpha value is -2.30. The molecule has 0 atom stereocenters. The summed E-state index contributed by atoms with van der Waals surface area (Å²) in [4.78, 5) is 15.8. The summed E-state index contributed by atoms with van der Waals surface area (Å²) in [5, 5.41) is 23.7. The van der Waals surface area contributed by atoms with Gasteiger partial charge in [-0.25, -0.2) is 9.78 Å². The van der Waals surface area contributed by atoms with Gasteiger partial charge < -0.3 is 15.5 Å². The van der Waals surface area contributed by atoms with Crippen LogP contribution in [0.2, 0.25) is 0 Å². The number of nitrogens with zero attached hydrogens (tertiary/aromatic N) is 1. The van der Waals surface area contributed by atoms with Gasteiger partial charge in [-0.3, -0.25) is 0 Å². The highest BCUT2D eigenvalue weighted by Gasteiger charge is 2.35. The van der Waals surface area contributed by atoms with Gasteiger partial charge in [0.1, 0.15) is 17.1 Å². The van der Waals surface area contributed by atoms with Gasteiger partial charge in [0.2, 0.25) is 0 Å². The van der Waals surface area contributed by atoms with Crippen molar-refractivity contribution < 1.29 is 15.0 Å². The molecule has 0 saturated heterocycles. The van der Waals surface area contributed by atoms with E-state index in [2.05, 4.69) is 10.3 Å². The van der Waals surface area contributed by atoms with Crippen LogP contribution in [0.1, 0.15) is 26.7 Å². The van der Waals surface area contributed by atoms with E-state index in [-0.39, 0.29) is 5.75 Å². The second-order valence-electron chi connectivity index (χ2n) is 4.78. The van der Waals surface area contributed by atoms with Crippen LogP contribution in [0.4, 0.5) is 5.82 Å². The lowest BCUT2D eigenvalue weighted by Crippen LogP contribution is -2.45. The Morgan fingerprint density at radius 2 is 2.00 bits per heavy atom. The standard InChI is InChI=1S/C15H18N2O3/c1-3-15(4-2,14(19)20)17-13-12-9-11(18)6-5-10(12)7-8-16-13/h5-9,18H,3-4H2,1-2H3,(H,16,17)(H,19,20). The maximum absolute atomic E-state index is 11.6. The van der Waals surface area contributed by atoms with Crippen LogP contribution < -0.4 is 5.32 Å². The highest BCUT2D eigenvalue weighted by Crippen LogP contribution is 2.29. The maximum atomic E-state index is 11.6. The molecule has 1 aromatic carbocycles. The third-order valence-corrected chi connectivity index (χ3v) is 3.72. The number of carbonyl (C=O) groups is 1. The molecule has 2 aromatic rings. The number of carboxylic acids is 1. The minimum absolute atomic E-state index is 0.127. The molecule has 0 saturated carbocycles. The smallest absolute Gasteiger partial charge is 0.329 e. The molecule has 0 fully saturated rings. The van der Waals surface area contributed by atoms with Crippen molar-refractivity contribution >= 4 is 22.6 Å². The average Bonchev–Trinajstić information content (AvgIpc) is 2.45. The maximum Gasteiger partial charge on any atom is 0.329 e. The fourth-order valence-corrected chi connectivity index (χ4v) is 2.27. The van der Waals surface area contributed by atoms with E-state index in [4.69, 9.17) is 0 Å². The fraction of sp³-hybridized carbons (Fsp3) is 0.333. The Labute approximate surface area is 117 Å². The molecule has 3 N–H and O–H groups in total. The quantitative estimate of drug-likeness (QED) is 0.780. The van der Waals surface area contributed by atoms with Crippen LogP contribution in [0.5, 0.6) is 5.75 Å². The summed E-state index contributed by atoms with van der Waals surface area (Å²) >= 11 is 0. The molecular formula is C15H18N2O3. The van der Waals surface area contributed by atoms with E-state index < -0.39 is 11.5 Å². The number of phenolic OH excluding ortho intramolecular Hbond substituents is 1. The summed E-state index contributed by atoms with van der Waals surface area (Å²) in [5.41, 5.74) is -1.05. The average molecular weight is 274 g/mol. The first-order chi connectivity index (χ1) is 9.52. The Morgan fingerprint density at radius 3 is 2.60 bits per heavy atom. The summed E-state index contributed by atoms with van der Waals surface area (Å²) in [6.45, 7) is 3.65. The Morgan fingerprint density at radius 1 is 1.30 bits per heavy atom. The minimum atomic E-state index is -1.05. The van der Waals surface area contributed by atoms with Gasteiger partial charge in [-0.2, -0.15) is 0 Å². The Balaban J connectivity index is 2.52. The monoisotopic (exact) mass is 274 g/mol. The number of aliphatic carboxylic acids is 1. The number of pyridine rings is 1. The van der Waals surface area contributed by atoms with Crippen molar-refractivity contribution in [3.63, 3.8) is 0 Å². The second-order valence-corrected chi connectivity index (χ2v) is 4.78. The third-order valence-electron chi connectivity index (χ3n) is 3.72. The van der Waals surface area contributed by atoms with Gasteiger partial charge in [-0.15, -0.1) is 0 Å². The molecule has 0 aliphatic heterocycles. The fourth-order valence-electron chi connectivity index (χ4n) is 2.27. The number of carboxylic acid groups (broad SMARTS) is 1. The zero-order valence-corrected chi connectivity index (χ0v) is 11.6. The van der Waals surface area contributed by atoms with Gasteiger partial charge in [-0.1, -0.05) is 19.9 Å². The van der Waals surface area contributed by atoms with E-state index in [0.29, 0.717) is 24.0 Å². The van der Waals surface area contributed by atoms with E-state index in [1.165, 1.54) is 0 Å². The molecular weight excluding hydrogens is 256 g/mol. The van der Waals surface area contributed by atoms with E-state index in [0.717, 1.165) is 5.39 Å². The topological polar surface area (TPSA) is 82.5 Å². The molecule has 0 radical (unpaired) electrons. The number of fused-ring (bicyclic) bond motifs is 1. The van der Waals surface area contributed by atoms with Crippen molar-refractivity contribution in [2.24, 2.45) is 0 Å². The van der Waals surface area contributed by atoms with Gasteiger partial charge in [0, 0.05) is 11.6 Å². The largest absolute Gasteiger partial charge is 0.508 e. The van der Waals surface area contributed by atoms with Crippen LogP contribution in [0, 0.1) is 0 Å². The molecule has 0 unspecified atom stereocenters. The summed E-state index contributed by atoms with van der Waals surface area (Å²) in [6.07, 6.45) is 2.51. The Bertz CT molecular complexity index is 636. The predicted octanol–water partition coefficient (Wildman–Crippen LogP) is 3.00. The first-order valence-electron chi connectivity index (χ1n) is 6.61. The van der Waals surface area contributed by atoms with Crippen LogP contribution in [0.15, 0.2) is 30.5 Å². The molecule has 5 heteroatoms. The molecule has 1 heterocycles. The summed E-state index contributed by atoms with van der Waals surface area (Å²) in [5.74, 6) is -0.298. The summed E-state index contributed by atoms with van der Waals surface area (Å²) in [6, 6.07) is 6.77. The number of hydrogen-bond donors (Lipinski definition) is 3. The lowest BCUT2D eigenvalue weighted by molar-refractivity contribution is -0.142. The molecule has 0 aliphatic carbocycles. The molecule has 106 valence electrons. The van der Waals surface area contributed by atoms with E-state index >= 15 is 0 Å². The first-order valence-corrected chi connectivity index (χ1v) is 6.61. The normalized spacial score (nSPS) is 11.5. The predicted molar refractivity (Wildman–Crippen MR) is 78.0 cm³/mol. The van der Waals surface area contributed by atoms with Gasteiger partial charge in [0.25, 0.3) is 0 Å². The lowest BCUT2D eigenvalue weighted by Gasteiger charge is -2.29. The summed E-state index contributed by atoms with van der Waals surface area (Å²) < 4.78 is 0. The molecule has 1 aromatic heterocycles. The zero-order chi connectivity index (χ0) is 14.8. The number of phenols is 1. The van der Waals surface area contributed by atoms with Crippen molar-refractivity contribution in [2.45, 2.75) is 32.2 Å². The SMILES string of the molecule is CCC(CC)(Nc1nccc2ccc(O)cc12)C(=O)O. The van der Waals surface area contributed by atoms with Crippen molar-refractivity contribution in [3.05, 3.63) is 30.5 Å². The molecule has 0 bridgehead atoms. The van der Waals surface area contributed by atoms with Crippen molar-refractivity contribution in [3.8, 4) is 5.75 Å². The number of anilines is 1. The number of nitrogens with one attached hydrogen (secondary N) is 1. The molecule has 0 spiro atoms. The molecule has 2 rings (SSSR count). The molecule has 0 aliphatic rings. The minimum Gasteiger partial charge on any atom is -0.508 e. The zero-order valence-electron chi connectivity index (χ0n) is 11.6. The van der Waals surface area contributed by atoms with Crippen LogP contribution in [0.25, 0.3) is 10.8 Å². The number of hydrogen-bond acceptors (Lipinski definition) is 4. The number of rotatable bonds is 5. The molecule has 5 nitrogen and oxygen atoms in total. The van der Waals surface area contributed by atoms with Gasteiger partial charge in [-0.05, 0) is 36.4 Å². The van der Waals surface area contributed by atoms with Crippen molar-refractivity contribution in [2.75, 3.05) is 5.32 Å². The van der Waals surface area contributed by atoms with Crippen LogP contribution in [0.3, 0.4) is 0 Å². The van der Waals surface area contributed by atoms with Gasteiger partial charge in [0.05, 0.1) is 0 Å². The highest BCUT2D eigenvalue weighted by molar-refractivity contribution is 5.95. The van der Waals surface area contributed by atoms with E-state index in [1.54, 1.807) is 24.4 Å². The van der Waals surface area contributed by atoms with E-state index in [9.17, 15) is 15.0 Å².